The van der Waals surface area contributed by atoms with E-state index in [1.165, 1.54) is 26.0 Å². The molecule has 0 spiro atoms. The minimum Gasteiger partial charge on any atom is -0.494 e. The number of methoxy groups -OCH3 is 1. The SMILES string of the molecule is COc1ccc(C(C)NC(=O)NCc2ccnc(N3CCCC3)c2)cc1F. The summed E-state index contributed by atoms with van der Waals surface area (Å²) in [6.07, 6.45) is 4.15. The number of halogens is 1. The van der Waals surface area contributed by atoms with Crippen LogP contribution in [0, 0.1) is 5.82 Å². The van der Waals surface area contributed by atoms with Crippen molar-refractivity contribution in [3.05, 3.63) is 53.5 Å². The molecule has 1 fully saturated rings. The van der Waals surface area contributed by atoms with Crippen molar-refractivity contribution < 1.29 is 13.9 Å². The van der Waals surface area contributed by atoms with Crippen molar-refractivity contribution in [1.29, 1.82) is 0 Å². The fourth-order valence-corrected chi connectivity index (χ4v) is 3.16. The Morgan fingerprint density at radius 3 is 2.78 bits per heavy atom. The van der Waals surface area contributed by atoms with Gasteiger partial charge in [-0.25, -0.2) is 14.2 Å². The molecule has 1 unspecified atom stereocenters. The quantitative estimate of drug-likeness (QED) is 0.816. The summed E-state index contributed by atoms with van der Waals surface area (Å²) in [6, 6.07) is 7.92. The molecule has 144 valence electrons. The van der Waals surface area contributed by atoms with Gasteiger partial charge >= 0.3 is 6.03 Å². The van der Waals surface area contributed by atoms with Gasteiger partial charge in [-0.15, -0.1) is 0 Å². The molecule has 2 aromatic rings. The number of carbonyl (C=O) groups excluding carboxylic acids is 1. The maximum absolute atomic E-state index is 13.8. The number of carbonyl (C=O) groups is 1. The number of urea groups is 1. The second-order valence-corrected chi connectivity index (χ2v) is 6.66. The maximum atomic E-state index is 13.8. The smallest absolute Gasteiger partial charge is 0.315 e. The van der Waals surface area contributed by atoms with Crippen LogP contribution >= 0.6 is 0 Å². The van der Waals surface area contributed by atoms with E-state index in [9.17, 15) is 9.18 Å². The molecule has 0 aliphatic carbocycles. The highest BCUT2D eigenvalue weighted by atomic mass is 19.1. The largest absolute Gasteiger partial charge is 0.494 e. The second kappa shape index (κ2) is 8.70. The molecule has 3 rings (SSSR count). The van der Waals surface area contributed by atoms with Crippen LogP contribution in [-0.2, 0) is 6.54 Å². The van der Waals surface area contributed by atoms with Gasteiger partial charge in [0, 0.05) is 25.8 Å². The highest BCUT2D eigenvalue weighted by Gasteiger charge is 2.15. The van der Waals surface area contributed by atoms with Gasteiger partial charge in [-0.2, -0.15) is 0 Å². The molecular weight excluding hydrogens is 347 g/mol. The predicted octanol–water partition coefficient (Wildman–Crippen LogP) is 3.39. The highest BCUT2D eigenvalue weighted by molar-refractivity contribution is 5.74. The van der Waals surface area contributed by atoms with E-state index in [-0.39, 0.29) is 17.8 Å². The Morgan fingerprint density at radius 1 is 1.30 bits per heavy atom. The van der Waals surface area contributed by atoms with Gasteiger partial charge < -0.3 is 20.3 Å². The molecule has 6 nitrogen and oxygen atoms in total. The van der Waals surface area contributed by atoms with E-state index in [2.05, 4.69) is 20.5 Å². The summed E-state index contributed by atoms with van der Waals surface area (Å²) in [7, 11) is 1.42. The minimum atomic E-state index is -0.449. The average Bonchev–Trinajstić information content (AvgIpc) is 3.21. The van der Waals surface area contributed by atoms with E-state index in [0.29, 0.717) is 12.1 Å². The van der Waals surface area contributed by atoms with Gasteiger partial charge in [-0.3, -0.25) is 0 Å². The lowest BCUT2D eigenvalue weighted by Gasteiger charge is -2.18. The van der Waals surface area contributed by atoms with Crippen LogP contribution in [0.3, 0.4) is 0 Å². The zero-order valence-electron chi connectivity index (χ0n) is 15.7. The molecule has 27 heavy (non-hydrogen) atoms. The van der Waals surface area contributed by atoms with Crippen molar-refractivity contribution in [2.75, 3.05) is 25.1 Å². The van der Waals surface area contributed by atoms with E-state index >= 15 is 0 Å². The summed E-state index contributed by atoms with van der Waals surface area (Å²) in [5.41, 5.74) is 1.66. The number of nitrogens with zero attached hydrogens (tertiary/aromatic N) is 2. The Kier molecular flexibility index (Phi) is 6.11. The zero-order valence-corrected chi connectivity index (χ0v) is 15.7. The lowest BCUT2D eigenvalue weighted by atomic mass is 10.1. The molecule has 0 bridgehead atoms. The molecule has 0 saturated carbocycles. The Balaban J connectivity index is 1.53. The first-order valence-electron chi connectivity index (χ1n) is 9.14. The van der Waals surface area contributed by atoms with E-state index in [1.54, 1.807) is 25.3 Å². The fraction of sp³-hybridized carbons (Fsp3) is 0.400. The van der Waals surface area contributed by atoms with Gasteiger partial charge in [0.15, 0.2) is 11.6 Å². The Bertz CT molecular complexity index is 793. The fourth-order valence-electron chi connectivity index (χ4n) is 3.16. The third-order valence-corrected chi connectivity index (χ3v) is 4.72. The molecule has 1 aromatic carbocycles. The van der Waals surface area contributed by atoms with E-state index in [0.717, 1.165) is 24.5 Å². The maximum Gasteiger partial charge on any atom is 0.315 e. The van der Waals surface area contributed by atoms with E-state index in [4.69, 9.17) is 4.74 Å². The van der Waals surface area contributed by atoms with Crippen LogP contribution in [0.15, 0.2) is 36.5 Å². The Morgan fingerprint density at radius 2 is 2.07 bits per heavy atom. The van der Waals surface area contributed by atoms with Crippen molar-refractivity contribution in [2.24, 2.45) is 0 Å². The van der Waals surface area contributed by atoms with Crippen LogP contribution in [0.2, 0.25) is 0 Å². The number of rotatable bonds is 6. The van der Waals surface area contributed by atoms with Crippen LogP contribution < -0.4 is 20.3 Å². The average molecular weight is 372 g/mol. The molecule has 1 aliphatic rings. The summed E-state index contributed by atoms with van der Waals surface area (Å²) in [5, 5.41) is 5.66. The summed E-state index contributed by atoms with van der Waals surface area (Å²) >= 11 is 0. The van der Waals surface area contributed by atoms with Crippen LogP contribution in [0.1, 0.15) is 36.9 Å². The number of pyridine rings is 1. The molecule has 1 aromatic heterocycles. The van der Waals surface area contributed by atoms with Crippen molar-refractivity contribution >= 4 is 11.8 Å². The predicted molar refractivity (Wildman–Crippen MR) is 102 cm³/mol. The molecule has 1 atom stereocenters. The number of hydrogen-bond donors (Lipinski definition) is 2. The second-order valence-electron chi connectivity index (χ2n) is 6.66. The number of nitrogens with one attached hydrogen (secondary N) is 2. The lowest BCUT2D eigenvalue weighted by Crippen LogP contribution is -2.36. The van der Waals surface area contributed by atoms with Crippen LogP contribution in [0.25, 0.3) is 0 Å². The number of anilines is 1. The molecule has 0 radical (unpaired) electrons. The van der Waals surface area contributed by atoms with Gasteiger partial charge in [-0.05, 0) is 55.2 Å². The van der Waals surface area contributed by atoms with Crippen molar-refractivity contribution in [3.8, 4) is 5.75 Å². The molecule has 1 saturated heterocycles. The van der Waals surface area contributed by atoms with Gasteiger partial charge in [0.1, 0.15) is 5.82 Å². The van der Waals surface area contributed by atoms with Crippen molar-refractivity contribution in [1.82, 2.24) is 15.6 Å². The lowest BCUT2D eigenvalue weighted by molar-refractivity contribution is 0.237. The number of benzene rings is 1. The minimum absolute atomic E-state index is 0.182. The Labute approximate surface area is 158 Å². The number of hydrogen-bond acceptors (Lipinski definition) is 4. The monoisotopic (exact) mass is 372 g/mol. The number of ether oxygens (including phenoxy) is 1. The standard InChI is InChI=1S/C20H25FN4O2/c1-14(16-5-6-18(27-2)17(21)12-16)24-20(26)23-13-15-7-8-22-19(11-15)25-9-3-4-10-25/h5-8,11-12,14H,3-4,9-10,13H2,1-2H3,(H2,23,24,26). The van der Waals surface area contributed by atoms with Crippen LogP contribution in [-0.4, -0.2) is 31.2 Å². The molecule has 2 heterocycles. The molecule has 2 N–H and O–H groups in total. The third kappa shape index (κ3) is 4.87. The van der Waals surface area contributed by atoms with E-state index < -0.39 is 5.82 Å². The van der Waals surface area contributed by atoms with Gasteiger partial charge in [0.25, 0.3) is 0 Å². The molecule has 1 aliphatic heterocycles. The van der Waals surface area contributed by atoms with Gasteiger partial charge in [0.05, 0.1) is 13.2 Å². The molecular formula is C20H25FN4O2. The number of amides is 2. The molecule has 2 amide bonds. The normalized spacial score (nSPS) is 14.7. The van der Waals surface area contributed by atoms with Gasteiger partial charge in [-0.1, -0.05) is 6.07 Å². The topological polar surface area (TPSA) is 66.5 Å². The van der Waals surface area contributed by atoms with Crippen LogP contribution in [0.5, 0.6) is 5.75 Å². The highest BCUT2D eigenvalue weighted by Crippen LogP contribution is 2.22. The summed E-state index contributed by atoms with van der Waals surface area (Å²) < 4.78 is 18.7. The number of aromatic nitrogens is 1. The van der Waals surface area contributed by atoms with Crippen molar-refractivity contribution in [2.45, 2.75) is 32.4 Å². The molecule has 7 heteroatoms. The van der Waals surface area contributed by atoms with Crippen molar-refractivity contribution in [3.63, 3.8) is 0 Å². The summed E-state index contributed by atoms with van der Waals surface area (Å²) in [6.45, 7) is 4.26. The summed E-state index contributed by atoms with van der Waals surface area (Å²) in [5.74, 6) is 0.687. The van der Waals surface area contributed by atoms with Gasteiger partial charge in [0.2, 0.25) is 0 Å². The Hall–Kier alpha value is -2.83. The third-order valence-electron chi connectivity index (χ3n) is 4.72. The zero-order chi connectivity index (χ0) is 19.2. The summed E-state index contributed by atoms with van der Waals surface area (Å²) in [4.78, 5) is 18.8. The first-order valence-corrected chi connectivity index (χ1v) is 9.14. The van der Waals surface area contributed by atoms with E-state index in [1.807, 2.05) is 12.1 Å². The first kappa shape index (κ1) is 18.9. The first-order chi connectivity index (χ1) is 13.1. The van der Waals surface area contributed by atoms with Crippen LogP contribution in [0.4, 0.5) is 15.0 Å².